The van der Waals surface area contributed by atoms with E-state index in [4.69, 9.17) is 14.2 Å². The maximum atomic E-state index is 14.2. The summed E-state index contributed by atoms with van der Waals surface area (Å²) in [6.45, 7) is 8.73. The summed E-state index contributed by atoms with van der Waals surface area (Å²) in [6.07, 6.45) is -0.754. The Labute approximate surface area is 264 Å². The smallest absolute Gasteiger partial charge is 0.313 e. The number of Topliss-reactive ketones (excluding diaryl/α,β-unsaturated/α-hetero) is 1. The van der Waals surface area contributed by atoms with E-state index in [9.17, 15) is 37.1 Å². The number of amides is 3. The van der Waals surface area contributed by atoms with Crippen LogP contribution < -0.4 is 15.4 Å². The molecule has 1 aliphatic rings. The molecule has 0 bridgehead atoms. The van der Waals surface area contributed by atoms with Crippen LogP contribution in [0.4, 0.5) is 18.9 Å². The van der Waals surface area contributed by atoms with E-state index in [1.165, 1.54) is 6.08 Å². The monoisotopic (exact) mass is 647 g/mol. The number of hydrogen-bond acceptors (Lipinski definition) is 8. The highest BCUT2D eigenvalue weighted by molar-refractivity contribution is 6.39. The number of ether oxygens (including phenoxy) is 3. The molecule has 1 saturated heterocycles. The SMILES string of the molecule is C=CCOC(=O)C[C@H](NC(=O)C1CN(C(=O)C(=O)Nc2ccccc2C(C)(C)C)CCO1)C(=O)COc1c(C)c(F)cc(F)c1F. The Morgan fingerprint density at radius 1 is 1.13 bits per heavy atom. The van der Waals surface area contributed by atoms with Crippen molar-refractivity contribution in [3.63, 3.8) is 0 Å². The molecule has 2 atom stereocenters. The first kappa shape index (κ1) is 35.8. The van der Waals surface area contributed by atoms with Crippen molar-refractivity contribution >= 4 is 35.2 Å². The number of benzene rings is 2. The lowest BCUT2D eigenvalue weighted by atomic mass is 9.86. The van der Waals surface area contributed by atoms with Crippen LogP contribution in [0.15, 0.2) is 43.0 Å². The number of carbonyl (C=O) groups excluding carboxylic acids is 5. The average Bonchev–Trinajstić information content (AvgIpc) is 3.01. The van der Waals surface area contributed by atoms with E-state index in [2.05, 4.69) is 17.2 Å². The number of nitrogens with zero attached hydrogens (tertiary/aromatic N) is 1. The number of para-hydroxylation sites is 1. The van der Waals surface area contributed by atoms with Gasteiger partial charge in [-0.25, -0.2) is 8.78 Å². The molecule has 2 aromatic rings. The number of morpholine rings is 1. The Morgan fingerprint density at radius 2 is 1.83 bits per heavy atom. The highest BCUT2D eigenvalue weighted by Crippen LogP contribution is 2.29. The molecule has 3 amide bonds. The van der Waals surface area contributed by atoms with Gasteiger partial charge in [0.15, 0.2) is 23.5 Å². The molecule has 0 aromatic heterocycles. The molecule has 0 aliphatic carbocycles. The molecule has 248 valence electrons. The van der Waals surface area contributed by atoms with E-state index < -0.39 is 83.4 Å². The second-order valence-electron chi connectivity index (χ2n) is 11.5. The van der Waals surface area contributed by atoms with Crippen molar-refractivity contribution in [1.82, 2.24) is 10.2 Å². The first-order valence-electron chi connectivity index (χ1n) is 14.3. The summed E-state index contributed by atoms with van der Waals surface area (Å²) in [5.41, 5.74) is 0.539. The van der Waals surface area contributed by atoms with Crippen molar-refractivity contribution in [3.8, 4) is 5.75 Å². The highest BCUT2D eigenvalue weighted by atomic mass is 19.2. The molecule has 1 heterocycles. The third-order valence-electron chi connectivity index (χ3n) is 6.98. The van der Waals surface area contributed by atoms with Gasteiger partial charge in [0, 0.05) is 23.9 Å². The van der Waals surface area contributed by atoms with Gasteiger partial charge in [-0.1, -0.05) is 51.6 Å². The standard InChI is InChI=1S/C32H36F3N3O8/c1-6-12-45-26(40)15-23(24(39)17-46-28-18(2)20(33)14-21(34)27(28)35)37-29(41)25-16-38(11-13-44-25)31(43)30(42)36-22-10-8-7-9-19(22)32(3,4)5/h6-10,14,23,25H,1,11-13,15-17H2,2-5H3,(H,36,42)(H,37,41)/t23-,25?/m0/s1. The molecule has 2 N–H and O–H groups in total. The van der Waals surface area contributed by atoms with Crippen LogP contribution >= 0.6 is 0 Å². The van der Waals surface area contributed by atoms with E-state index in [1.54, 1.807) is 12.1 Å². The summed E-state index contributed by atoms with van der Waals surface area (Å²) >= 11 is 0. The number of nitrogens with one attached hydrogen (secondary N) is 2. The Balaban J connectivity index is 1.70. The summed E-state index contributed by atoms with van der Waals surface area (Å²) in [7, 11) is 0. The largest absolute Gasteiger partial charge is 0.482 e. The molecule has 1 unspecified atom stereocenters. The molecule has 14 heteroatoms. The first-order chi connectivity index (χ1) is 21.6. The fourth-order valence-corrected chi connectivity index (χ4v) is 4.53. The summed E-state index contributed by atoms with van der Waals surface area (Å²) in [5.74, 6) is -9.65. The number of ketones is 1. The lowest BCUT2D eigenvalue weighted by molar-refractivity contribution is -0.153. The zero-order chi connectivity index (χ0) is 34.2. The molecule has 0 saturated carbocycles. The third-order valence-corrected chi connectivity index (χ3v) is 6.98. The van der Waals surface area contributed by atoms with Crippen molar-refractivity contribution in [2.75, 3.05) is 38.2 Å². The van der Waals surface area contributed by atoms with E-state index in [1.807, 2.05) is 32.9 Å². The maximum Gasteiger partial charge on any atom is 0.313 e. The predicted octanol–water partition coefficient (Wildman–Crippen LogP) is 3.13. The van der Waals surface area contributed by atoms with Gasteiger partial charge in [-0.15, -0.1) is 0 Å². The van der Waals surface area contributed by atoms with Gasteiger partial charge >= 0.3 is 17.8 Å². The van der Waals surface area contributed by atoms with Gasteiger partial charge in [0.05, 0.1) is 19.6 Å². The molecular weight excluding hydrogens is 611 g/mol. The fraction of sp³-hybridized carbons (Fsp3) is 0.406. The molecule has 11 nitrogen and oxygen atoms in total. The Bertz CT molecular complexity index is 1480. The number of hydrogen-bond donors (Lipinski definition) is 2. The lowest BCUT2D eigenvalue weighted by Gasteiger charge is -2.32. The van der Waals surface area contributed by atoms with Crippen LogP contribution in [0.25, 0.3) is 0 Å². The van der Waals surface area contributed by atoms with E-state index in [0.29, 0.717) is 11.8 Å². The first-order valence-corrected chi connectivity index (χ1v) is 14.3. The van der Waals surface area contributed by atoms with Crippen LogP contribution in [0.1, 0.15) is 38.3 Å². The average molecular weight is 648 g/mol. The molecule has 0 spiro atoms. The van der Waals surface area contributed by atoms with Crippen molar-refractivity contribution in [3.05, 3.63) is 71.6 Å². The zero-order valence-corrected chi connectivity index (χ0v) is 25.9. The van der Waals surface area contributed by atoms with Gasteiger partial charge in [-0.3, -0.25) is 24.0 Å². The number of carbonyl (C=O) groups is 5. The zero-order valence-electron chi connectivity index (χ0n) is 25.9. The highest BCUT2D eigenvalue weighted by Gasteiger charge is 2.35. The quantitative estimate of drug-likeness (QED) is 0.164. The van der Waals surface area contributed by atoms with Crippen LogP contribution in [0.2, 0.25) is 0 Å². The molecule has 0 radical (unpaired) electrons. The van der Waals surface area contributed by atoms with Crippen LogP contribution in [0.3, 0.4) is 0 Å². The topological polar surface area (TPSA) is 140 Å². The van der Waals surface area contributed by atoms with E-state index in [0.717, 1.165) is 17.4 Å². The van der Waals surface area contributed by atoms with Crippen LogP contribution in [0, 0.1) is 24.4 Å². The number of rotatable bonds is 11. The van der Waals surface area contributed by atoms with Crippen molar-refractivity contribution in [2.45, 2.75) is 51.7 Å². The van der Waals surface area contributed by atoms with Gasteiger partial charge in [0.1, 0.15) is 25.1 Å². The van der Waals surface area contributed by atoms with Gasteiger partial charge < -0.3 is 29.7 Å². The Kier molecular flexibility index (Phi) is 12.1. The third kappa shape index (κ3) is 9.16. The van der Waals surface area contributed by atoms with Crippen molar-refractivity contribution < 1.29 is 51.4 Å². The van der Waals surface area contributed by atoms with Gasteiger partial charge in [-0.2, -0.15) is 4.39 Å². The van der Waals surface area contributed by atoms with E-state index >= 15 is 0 Å². The molecular formula is C32H36F3N3O8. The van der Waals surface area contributed by atoms with Crippen molar-refractivity contribution in [1.29, 1.82) is 0 Å². The molecule has 46 heavy (non-hydrogen) atoms. The second-order valence-corrected chi connectivity index (χ2v) is 11.5. The summed E-state index contributed by atoms with van der Waals surface area (Å²) in [6, 6.07) is 5.76. The number of halogens is 3. The van der Waals surface area contributed by atoms with Gasteiger partial charge in [0.2, 0.25) is 5.82 Å². The molecule has 1 aliphatic heterocycles. The lowest BCUT2D eigenvalue weighted by Crippen LogP contribution is -2.56. The summed E-state index contributed by atoms with van der Waals surface area (Å²) in [5, 5.41) is 4.96. The summed E-state index contributed by atoms with van der Waals surface area (Å²) < 4.78 is 57.3. The van der Waals surface area contributed by atoms with Crippen LogP contribution in [-0.2, 0) is 38.9 Å². The molecule has 3 rings (SSSR count). The Morgan fingerprint density at radius 3 is 2.50 bits per heavy atom. The summed E-state index contributed by atoms with van der Waals surface area (Å²) in [4.78, 5) is 65.5. The normalized spacial score (nSPS) is 15.4. The van der Waals surface area contributed by atoms with Crippen LogP contribution in [-0.4, -0.2) is 79.4 Å². The second kappa shape index (κ2) is 15.5. The minimum atomic E-state index is -1.60. The minimum absolute atomic E-state index is 0.00383. The Hall–Kier alpha value is -4.72. The van der Waals surface area contributed by atoms with Crippen molar-refractivity contribution in [2.24, 2.45) is 0 Å². The predicted molar refractivity (Wildman–Crippen MR) is 159 cm³/mol. The minimum Gasteiger partial charge on any atom is -0.482 e. The van der Waals surface area contributed by atoms with Gasteiger partial charge in [0.25, 0.3) is 5.91 Å². The molecule has 1 fully saturated rings. The number of esters is 1. The van der Waals surface area contributed by atoms with Crippen LogP contribution in [0.5, 0.6) is 5.75 Å². The molecule has 2 aromatic carbocycles. The maximum absolute atomic E-state index is 14.2. The fourth-order valence-electron chi connectivity index (χ4n) is 4.53. The van der Waals surface area contributed by atoms with E-state index in [-0.39, 0.29) is 31.7 Å². The number of anilines is 1. The van der Waals surface area contributed by atoms with Gasteiger partial charge in [-0.05, 0) is 24.0 Å².